The topological polar surface area (TPSA) is 70.9 Å². The van der Waals surface area contributed by atoms with Gasteiger partial charge in [-0.3, -0.25) is 19.8 Å². The molecule has 1 unspecified atom stereocenters. The van der Waals surface area contributed by atoms with Gasteiger partial charge in [-0.2, -0.15) is 5.10 Å². The van der Waals surface area contributed by atoms with Crippen molar-refractivity contribution < 1.29 is 9.53 Å². The molecule has 1 fully saturated rings. The molecule has 1 atom stereocenters. The van der Waals surface area contributed by atoms with E-state index in [0.29, 0.717) is 6.42 Å². The van der Waals surface area contributed by atoms with Crippen molar-refractivity contribution in [2.24, 2.45) is 0 Å². The largest absolute Gasteiger partial charge is 0.495 e. The van der Waals surface area contributed by atoms with Gasteiger partial charge in [0.05, 0.1) is 18.5 Å². The number of hydrogen-bond donors (Lipinski definition) is 1. The van der Waals surface area contributed by atoms with E-state index in [1.807, 2.05) is 41.3 Å². The number of fused-ring (bicyclic) bond motifs is 1. The summed E-state index contributed by atoms with van der Waals surface area (Å²) in [7, 11) is 1.63. The third kappa shape index (κ3) is 2.02. The monoisotopic (exact) mass is 346 g/mol. The molecule has 6 heteroatoms. The standard InChI is InChI=1S/C20H18N4O2/c1-26-17-5-3-2-4-16(17)24-19(25)20(24)9-6-15-14(12-20)18(23-22-15)13-7-10-21-11-8-13/h2-5,7-8,10-11H,6,9,12H2,1H3,(H,22,23). The Balaban J connectivity index is 1.53. The van der Waals surface area contributed by atoms with Gasteiger partial charge in [0.15, 0.2) is 0 Å². The van der Waals surface area contributed by atoms with Gasteiger partial charge in [-0.15, -0.1) is 0 Å². The third-order valence-electron chi connectivity index (χ3n) is 5.47. The van der Waals surface area contributed by atoms with E-state index in [9.17, 15) is 4.79 Å². The predicted octanol–water partition coefficient (Wildman–Crippen LogP) is 2.75. The molecule has 0 saturated carbocycles. The fraction of sp³-hybridized carbons (Fsp3) is 0.250. The Morgan fingerprint density at radius 3 is 2.81 bits per heavy atom. The molecule has 1 aliphatic carbocycles. The first kappa shape index (κ1) is 15.1. The molecule has 3 heterocycles. The zero-order valence-electron chi connectivity index (χ0n) is 14.4. The summed E-state index contributed by atoms with van der Waals surface area (Å²) < 4.78 is 5.46. The van der Waals surface area contributed by atoms with Gasteiger partial charge in [0.25, 0.3) is 5.91 Å². The summed E-state index contributed by atoms with van der Waals surface area (Å²) in [5.41, 5.74) is 4.56. The number of benzene rings is 1. The quantitative estimate of drug-likeness (QED) is 0.740. The van der Waals surface area contributed by atoms with Gasteiger partial charge in [-0.05, 0) is 37.1 Å². The highest BCUT2D eigenvalue weighted by atomic mass is 16.5. The highest BCUT2D eigenvalue weighted by Crippen LogP contribution is 2.51. The van der Waals surface area contributed by atoms with Crippen LogP contribution < -0.4 is 9.64 Å². The summed E-state index contributed by atoms with van der Waals surface area (Å²) >= 11 is 0. The van der Waals surface area contributed by atoms with Crippen LogP contribution >= 0.6 is 0 Å². The van der Waals surface area contributed by atoms with Gasteiger partial charge >= 0.3 is 0 Å². The fourth-order valence-corrected chi connectivity index (χ4v) is 4.08. The lowest BCUT2D eigenvalue weighted by Crippen LogP contribution is -2.28. The second-order valence-corrected chi connectivity index (χ2v) is 6.79. The molecule has 0 radical (unpaired) electrons. The molecule has 1 amide bonds. The van der Waals surface area contributed by atoms with Crippen molar-refractivity contribution in [3.63, 3.8) is 0 Å². The van der Waals surface area contributed by atoms with Crippen molar-refractivity contribution in [3.8, 4) is 17.0 Å². The van der Waals surface area contributed by atoms with Crippen molar-refractivity contribution >= 4 is 11.6 Å². The summed E-state index contributed by atoms with van der Waals surface area (Å²) in [6.45, 7) is 0. The van der Waals surface area contributed by atoms with E-state index in [4.69, 9.17) is 4.74 Å². The number of H-pyrrole nitrogens is 1. The van der Waals surface area contributed by atoms with Gasteiger partial charge < -0.3 is 4.74 Å². The van der Waals surface area contributed by atoms with Crippen LogP contribution in [0.3, 0.4) is 0 Å². The molecule has 2 aromatic heterocycles. The number of aromatic amines is 1. The number of methoxy groups -OCH3 is 1. The van der Waals surface area contributed by atoms with Crippen LogP contribution in [0.5, 0.6) is 5.75 Å². The molecule has 1 saturated heterocycles. The first-order chi connectivity index (χ1) is 12.7. The number of hydrogen-bond acceptors (Lipinski definition) is 4. The molecule has 1 aromatic carbocycles. The van der Waals surface area contributed by atoms with Crippen molar-refractivity contribution in [1.82, 2.24) is 15.2 Å². The van der Waals surface area contributed by atoms with Crippen LogP contribution in [0.1, 0.15) is 17.7 Å². The summed E-state index contributed by atoms with van der Waals surface area (Å²) in [4.78, 5) is 18.8. The van der Waals surface area contributed by atoms with Crippen LogP contribution in [0.4, 0.5) is 5.69 Å². The minimum atomic E-state index is -0.479. The molecule has 1 aliphatic heterocycles. The lowest BCUT2D eigenvalue weighted by Gasteiger charge is -2.22. The zero-order chi connectivity index (χ0) is 17.7. The van der Waals surface area contributed by atoms with Gasteiger partial charge in [0, 0.05) is 35.6 Å². The van der Waals surface area contributed by atoms with Crippen LogP contribution in [0.25, 0.3) is 11.3 Å². The molecule has 2 aliphatic rings. The Labute approximate surface area is 150 Å². The van der Waals surface area contributed by atoms with E-state index in [2.05, 4.69) is 15.2 Å². The Morgan fingerprint density at radius 2 is 2.00 bits per heavy atom. The van der Waals surface area contributed by atoms with E-state index in [-0.39, 0.29) is 5.91 Å². The highest BCUT2D eigenvalue weighted by Gasteiger charge is 2.64. The minimum absolute atomic E-state index is 0.162. The third-order valence-corrected chi connectivity index (χ3v) is 5.47. The maximum Gasteiger partial charge on any atom is 0.254 e. The lowest BCUT2D eigenvalue weighted by atomic mass is 9.84. The second kappa shape index (κ2) is 5.42. The van der Waals surface area contributed by atoms with Gasteiger partial charge in [0.2, 0.25) is 0 Å². The number of carbonyl (C=O) groups excluding carboxylic acids is 1. The maximum absolute atomic E-state index is 12.9. The average molecular weight is 346 g/mol. The molecule has 3 aromatic rings. The van der Waals surface area contributed by atoms with Crippen LogP contribution in [0.15, 0.2) is 48.8 Å². The number of para-hydroxylation sites is 2. The van der Waals surface area contributed by atoms with Crippen LogP contribution in [-0.2, 0) is 17.6 Å². The van der Waals surface area contributed by atoms with E-state index in [1.54, 1.807) is 19.5 Å². The molecule has 5 rings (SSSR count). The Morgan fingerprint density at radius 1 is 1.19 bits per heavy atom. The molecular weight excluding hydrogens is 328 g/mol. The Kier molecular flexibility index (Phi) is 3.16. The number of rotatable bonds is 3. The second-order valence-electron chi connectivity index (χ2n) is 6.79. The SMILES string of the molecule is COc1ccccc1N1C(=O)C12CCc1[nH]nc(-c3ccncc3)c1C2. The summed E-state index contributed by atoms with van der Waals surface area (Å²) in [6.07, 6.45) is 5.78. The van der Waals surface area contributed by atoms with Crippen molar-refractivity contribution in [2.45, 2.75) is 24.8 Å². The zero-order valence-corrected chi connectivity index (χ0v) is 14.4. The molecule has 6 nitrogen and oxygen atoms in total. The minimum Gasteiger partial charge on any atom is -0.495 e. The van der Waals surface area contributed by atoms with Crippen molar-refractivity contribution in [2.75, 3.05) is 12.0 Å². The molecule has 130 valence electrons. The van der Waals surface area contributed by atoms with E-state index in [1.165, 1.54) is 0 Å². The number of aryl methyl sites for hydroxylation is 1. The number of aromatic nitrogens is 3. The molecule has 0 bridgehead atoms. The molecule has 1 spiro atoms. The van der Waals surface area contributed by atoms with Crippen molar-refractivity contribution in [1.29, 1.82) is 0 Å². The van der Waals surface area contributed by atoms with Crippen LogP contribution in [-0.4, -0.2) is 33.7 Å². The van der Waals surface area contributed by atoms with Gasteiger partial charge in [-0.25, -0.2) is 0 Å². The summed E-state index contributed by atoms with van der Waals surface area (Å²) in [6, 6.07) is 11.6. The maximum atomic E-state index is 12.9. The highest BCUT2D eigenvalue weighted by molar-refractivity contribution is 6.21. The van der Waals surface area contributed by atoms with E-state index >= 15 is 0 Å². The van der Waals surface area contributed by atoms with Crippen LogP contribution in [0, 0.1) is 0 Å². The summed E-state index contributed by atoms with van der Waals surface area (Å²) in [5, 5.41) is 7.67. The van der Waals surface area contributed by atoms with Crippen LogP contribution in [0.2, 0.25) is 0 Å². The number of ether oxygens (including phenoxy) is 1. The average Bonchev–Trinajstić information content (AvgIpc) is 3.03. The van der Waals surface area contributed by atoms with Crippen molar-refractivity contribution in [3.05, 3.63) is 60.0 Å². The number of nitrogens with zero attached hydrogens (tertiary/aromatic N) is 3. The Bertz CT molecular complexity index is 998. The molecule has 26 heavy (non-hydrogen) atoms. The number of anilines is 1. The van der Waals surface area contributed by atoms with Gasteiger partial charge in [-0.1, -0.05) is 12.1 Å². The number of amides is 1. The number of nitrogens with one attached hydrogen (secondary N) is 1. The predicted molar refractivity (Wildman–Crippen MR) is 97.1 cm³/mol. The first-order valence-corrected chi connectivity index (χ1v) is 8.69. The van der Waals surface area contributed by atoms with Gasteiger partial charge in [0.1, 0.15) is 11.3 Å². The summed E-state index contributed by atoms with van der Waals surface area (Å²) in [5.74, 6) is 0.889. The first-order valence-electron chi connectivity index (χ1n) is 8.69. The Hall–Kier alpha value is -3.15. The smallest absolute Gasteiger partial charge is 0.254 e. The van der Waals surface area contributed by atoms with E-state index in [0.717, 1.165) is 46.8 Å². The molecule has 1 N–H and O–H groups in total. The molecular formula is C20H18N4O2. The normalized spacial score (nSPS) is 21.0. The van der Waals surface area contributed by atoms with E-state index < -0.39 is 5.54 Å². The fourth-order valence-electron chi connectivity index (χ4n) is 4.08. The number of carbonyl (C=O) groups is 1. The number of pyridine rings is 1. The lowest BCUT2D eigenvalue weighted by molar-refractivity contribution is -0.111.